The van der Waals surface area contributed by atoms with E-state index in [1.165, 1.54) is 16.3 Å². The van der Waals surface area contributed by atoms with Crippen molar-refractivity contribution in [3.05, 3.63) is 83.9 Å². The van der Waals surface area contributed by atoms with Crippen LogP contribution < -0.4 is 10.6 Å². The first-order valence-electron chi connectivity index (χ1n) is 14.7. The monoisotopic (exact) mass is 556 g/mol. The Kier molecular flexibility index (Phi) is 11.8. The number of hydrogen-bond acceptors (Lipinski definition) is 4. The number of nitrogens with one attached hydrogen (secondary N) is 2. The first kappa shape index (κ1) is 31.7. The quantitative estimate of drug-likeness (QED) is 0.235. The zero-order valence-electron chi connectivity index (χ0n) is 24.9. The van der Waals surface area contributed by atoms with Gasteiger partial charge < -0.3 is 10.6 Å². The molecule has 0 radical (unpaired) electrons. The minimum Gasteiger partial charge on any atom is -0.352 e. The molecule has 218 valence electrons. The number of aryl methyl sites for hydroxylation is 2. The van der Waals surface area contributed by atoms with E-state index >= 15 is 0 Å². The van der Waals surface area contributed by atoms with Gasteiger partial charge in [0.1, 0.15) is 5.78 Å². The van der Waals surface area contributed by atoms with Crippen molar-refractivity contribution in [2.45, 2.75) is 90.6 Å². The van der Waals surface area contributed by atoms with Gasteiger partial charge >= 0.3 is 0 Å². The molecule has 6 heteroatoms. The molecule has 0 aliphatic carbocycles. The van der Waals surface area contributed by atoms with Crippen molar-refractivity contribution >= 4 is 34.2 Å². The summed E-state index contributed by atoms with van der Waals surface area (Å²) in [5.74, 6) is -1.26. The number of fused-ring (bicyclic) bond motifs is 1. The fourth-order valence-corrected chi connectivity index (χ4v) is 5.01. The number of amides is 2. The number of benzene rings is 3. The minimum absolute atomic E-state index is 0.0284. The molecule has 0 heterocycles. The smallest absolute Gasteiger partial charge is 0.224 e. The summed E-state index contributed by atoms with van der Waals surface area (Å²) < 4.78 is 0. The molecule has 0 unspecified atom stereocenters. The highest BCUT2D eigenvalue weighted by atomic mass is 16.2. The van der Waals surface area contributed by atoms with E-state index in [2.05, 4.69) is 34.9 Å². The Morgan fingerprint density at radius 1 is 0.780 bits per heavy atom. The maximum atomic E-state index is 13.3. The molecule has 0 aliphatic rings. The molecule has 3 aromatic rings. The Morgan fingerprint density at radius 3 is 2.20 bits per heavy atom. The Bertz CT molecular complexity index is 1320. The van der Waals surface area contributed by atoms with Crippen LogP contribution in [-0.4, -0.2) is 35.0 Å². The van der Waals surface area contributed by atoms with E-state index in [-0.39, 0.29) is 48.2 Å². The van der Waals surface area contributed by atoms with Crippen LogP contribution in [0.5, 0.6) is 0 Å². The Labute approximate surface area is 244 Å². The predicted octanol–water partition coefficient (Wildman–Crippen LogP) is 6.14. The van der Waals surface area contributed by atoms with Gasteiger partial charge in [0.2, 0.25) is 11.8 Å². The van der Waals surface area contributed by atoms with Crippen LogP contribution in [0, 0.1) is 5.92 Å². The normalized spacial score (nSPS) is 12.9. The van der Waals surface area contributed by atoms with E-state index in [1.54, 1.807) is 6.92 Å². The van der Waals surface area contributed by atoms with Crippen LogP contribution in [0.3, 0.4) is 0 Å². The van der Waals surface area contributed by atoms with Crippen molar-refractivity contribution in [2.24, 2.45) is 5.92 Å². The lowest BCUT2D eigenvalue weighted by Crippen LogP contribution is -2.43. The zero-order valence-corrected chi connectivity index (χ0v) is 24.9. The van der Waals surface area contributed by atoms with E-state index in [1.807, 2.05) is 69.3 Å². The zero-order chi connectivity index (χ0) is 29.8. The van der Waals surface area contributed by atoms with Crippen molar-refractivity contribution in [2.75, 3.05) is 0 Å². The fourth-order valence-electron chi connectivity index (χ4n) is 5.01. The first-order chi connectivity index (χ1) is 19.5. The Hall–Kier alpha value is -3.80. The van der Waals surface area contributed by atoms with Gasteiger partial charge in [0.25, 0.3) is 0 Å². The van der Waals surface area contributed by atoms with Gasteiger partial charge in [-0.1, -0.05) is 72.8 Å². The van der Waals surface area contributed by atoms with Crippen LogP contribution in [0.25, 0.3) is 10.8 Å². The molecular formula is C35H44N2O4. The average Bonchev–Trinajstić information content (AvgIpc) is 2.93. The third-order valence-corrected chi connectivity index (χ3v) is 7.21. The maximum absolute atomic E-state index is 13.3. The van der Waals surface area contributed by atoms with Crippen LogP contribution in [0.1, 0.15) is 77.3 Å². The lowest BCUT2D eigenvalue weighted by Gasteiger charge is -2.22. The average molecular weight is 557 g/mol. The lowest BCUT2D eigenvalue weighted by atomic mass is 9.92. The predicted molar refractivity (Wildman–Crippen MR) is 165 cm³/mol. The minimum atomic E-state index is -0.671. The van der Waals surface area contributed by atoms with Gasteiger partial charge in [0, 0.05) is 37.1 Å². The van der Waals surface area contributed by atoms with Crippen molar-refractivity contribution < 1.29 is 19.2 Å². The van der Waals surface area contributed by atoms with Crippen LogP contribution in [0.2, 0.25) is 0 Å². The Balaban J connectivity index is 1.55. The lowest BCUT2D eigenvalue weighted by molar-refractivity contribution is -0.133. The second kappa shape index (κ2) is 15.3. The van der Waals surface area contributed by atoms with E-state index in [4.69, 9.17) is 0 Å². The molecule has 0 fully saturated rings. The van der Waals surface area contributed by atoms with Crippen molar-refractivity contribution in [1.82, 2.24) is 10.6 Å². The number of Topliss-reactive ketones (excluding diaryl/α,β-unsaturated/α-hetero) is 2. The highest BCUT2D eigenvalue weighted by Crippen LogP contribution is 2.21. The molecular weight excluding hydrogens is 512 g/mol. The molecule has 0 spiro atoms. The molecule has 2 amide bonds. The summed E-state index contributed by atoms with van der Waals surface area (Å²) in [5, 5.41) is 8.12. The van der Waals surface area contributed by atoms with Crippen LogP contribution in [-0.2, 0) is 32.0 Å². The first-order valence-corrected chi connectivity index (χ1v) is 14.7. The molecule has 6 nitrogen and oxygen atoms in total. The van der Waals surface area contributed by atoms with Crippen molar-refractivity contribution in [3.63, 3.8) is 0 Å². The van der Waals surface area contributed by atoms with Gasteiger partial charge in [-0.3, -0.25) is 19.2 Å². The van der Waals surface area contributed by atoms with Gasteiger partial charge in [-0.2, -0.15) is 0 Å². The van der Waals surface area contributed by atoms with Crippen molar-refractivity contribution in [1.29, 1.82) is 0 Å². The number of hydrogen-bond donors (Lipinski definition) is 2. The Morgan fingerprint density at radius 2 is 1.46 bits per heavy atom. The second-order valence-electron chi connectivity index (χ2n) is 12.0. The van der Waals surface area contributed by atoms with E-state index < -0.39 is 12.0 Å². The maximum Gasteiger partial charge on any atom is 0.224 e. The van der Waals surface area contributed by atoms with Crippen molar-refractivity contribution in [3.8, 4) is 0 Å². The summed E-state index contributed by atoms with van der Waals surface area (Å²) in [6, 6.07) is 23.5. The molecule has 0 bridgehead atoms. The highest BCUT2D eigenvalue weighted by molar-refractivity contribution is 5.92. The van der Waals surface area contributed by atoms with Gasteiger partial charge in [-0.15, -0.1) is 0 Å². The molecule has 0 saturated carbocycles. The number of rotatable bonds is 15. The summed E-state index contributed by atoms with van der Waals surface area (Å²) in [5.41, 5.74) is 1.89. The summed E-state index contributed by atoms with van der Waals surface area (Å²) in [6.07, 6.45) is 3.15. The summed E-state index contributed by atoms with van der Waals surface area (Å²) in [7, 11) is 0. The van der Waals surface area contributed by atoms with Gasteiger partial charge in [0.15, 0.2) is 5.78 Å². The number of carbonyl (C=O) groups excluding carboxylic acids is 4. The van der Waals surface area contributed by atoms with Crippen LogP contribution in [0.15, 0.2) is 72.8 Å². The molecule has 3 aromatic carbocycles. The van der Waals surface area contributed by atoms with Gasteiger partial charge in [0.05, 0.1) is 6.04 Å². The molecule has 0 aromatic heterocycles. The standard InChI is InChI=1S/C35H44N2O4/c1-25(32(39)19-11-17-28-16-10-15-27-14-8-9-18-31(27)28)36-34(41)29(21-23-33(40)37-35(2,3)4)24-30(38)22-20-26-12-6-5-7-13-26/h5-10,12-16,18,25,29H,11,17,19-24H2,1-4H3,(H,36,41)(H,37,40)/t25-,29+/m0/s1. The number of carbonyl (C=O) groups is 4. The third kappa shape index (κ3) is 10.9. The highest BCUT2D eigenvalue weighted by Gasteiger charge is 2.26. The molecule has 2 N–H and O–H groups in total. The molecule has 3 rings (SSSR count). The SMILES string of the molecule is C[C@H](NC(=O)[C@H](CCC(=O)NC(C)(C)C)CC(=O)CCc1ccccc1)C(=O)CCCc1cccc2ccccc12. The molecule has 0 saturated heterocycles. The molecule has 0 aliphatic heterocycles. The largest absolute Gasteiger partial charge is 0.352 e. The van der Waals surface area contributed by atoms with Crippen LogP contribution >= 0.6 is 0 Å². The summed E-state index contributed by atoms with van der Waals surface area (Å²) in [6.45, 7) is 7.39. The van der Waals surface area contributed by atoms with Gasteiger partial charge in [-0.25, -0.2) is 0 Å². The van der Waals surface area contributed by atoms with E-state index in [9.17, 15) is 19.2 Å². The van der Waals surface area contributed by atoms with E-state index in [0.29, 0.717) is 25.7 Å². The molecule has 41 heavy (non-hydrogen) atoms. The molecule has 2 atom stereocenters. The summed E-state index contributed by atoms with van der Waals surface area (Å²) >= 11 is 0. The topological polar surface area (TPSA) is 92.3 Å². The second-order valence-corrected chi connectivity index (χ2v) is 12.0. The summed E-state index contributed by atoms with van der Waals surface area (Å²) in [4.78, 5) is 51.5. The van der Waals surface area contributed by atoms with Crippen LogP contribution in [0.4, 0.5) is 0 Å². The van der Waals surface area contributed by atoms with Gasteiger partial charge in [-0.05, 0) is 75.3 Å². The third-order valence-electron chi connectivity index (χ3n) is 7.21. The number of ketones is 2. The fraction of sp³-hybridized carbons (Fsp3) is 0.429. The van der Waals surface area contributed by atoms with E-state index in [0.717, 1.165) is 12.0 Å².